The van der Waals surface area contributed by atoms with Crippen molar-refractivity contribution in [3.05, 3.63) is 12.7 Å². The number of aromatic nitrogens is 4. The zero-order valence-electron chi connectivity index (χ0n) is 12.2. The van der Waals surface area contributed by atoms with Crippen LogP contribution in [0.3, 0.4) is 0 Å². The Morgan fingerprint density at radius 1 is 1.41 bits per heavy atom. The molecule has 1 aliphatic rings. The van der Waals surface area contributed by atoms with Gasteiger partial charge < -0.3 is 25.4 Å². The third-order valence-electron chi connectivity index (χ3n) is 3.67. The second kappa shape index (κ2) is 6.13. The van der Waals surface area contributed by atoms with Gasteiger partial charge in [-0.3, -0.25) is 4.57 Å². The van der Waals surface area contributed by atoms with Gasteiger partial charge in [0.25, 0.3) is 0 Å². The SMILES string of the molecule is CCCO[C@@H]1[C@H](O)[C@@H](CO)O[C@H]1n1cnc2c(N)ncnc21. The Morgan fingerprint density at radius 3 is 2.95 bits per heavy atom. The van der Waals surface area contributed by atoms with Crippen LogP contribution in [0.5, 0.6) is 0 Å². The molecule has 0 radical (unpaired) electrons. The lowest BCUT2D eigenvalue weighted by atomic mass is 10.1. The molecule has 2 aromatic rings. The maximum atomic E-state index is 10.3. The first-order valence-corrected chi connectivity index (χ1v) is 7.16. The Bertz CT molecular complexity index is 648. The van der Waals surface area contributed by atoms with Crippen LogP contribution >= 0.6 is 0 Å². The molecule has 3 rings (SSSR count). The molecule has 4 N–H and O–H groups in total. The van der Waals surface area contributed by atoms with Gasteiger partial charge in [-0.1, -0.05) is 6.92 Å². The molecule has 0 unspecified atom stereocenters. The quantitative estimate of drug-likeness (QED) is 0.671. The molecule has 120 valence electrons. The molecule has 0 spiro atoms. The van der Waals surface area contributed by atoms with Crippen molar-refractivity contribution in [3.63, 3.8) is 0 Å². The van der Waals surface area contributed by atoms with Crippen LogP contribution < -0.4 is 5.73 Å². The van der Waals surface area contributed by atoms with Crippen LogP contribution in [-0.2, 0) is 9.47 Å². The Morgan fingerprint density at radius 2 is 2.23 bits per heavy atom. The van der Waals surface area contributed by atoms with Gasteiger partial charge in [0.05, 0.1) is 12.9 Å². The van der Waals surface area contributed by atoms with E-state index in [9.17, 15) is 10.2 Å². The normalized spacial score (nSPS) is 28.5. The number of nitrogens with zero attached hydrogens (tertiary/aromatic N) is 4. The van der Waals surface area contributed by atoms with E-state index in [1.165, 1.54) is 12.7 Å². The van der Waals surface area contributed by atoms with Gasteiger partial charge in [-0.2, -0.15) is 0 Å². The monoisotopic (exact) mass is 309 g/mol. The number of hydrogen-bond donors (Lipinski definition) is 3. The average Bonchev–Trinajstić information content (AvgIpc) is 3.07. The van der Waals surface area contributed by atoms with Crippen LogP contribution in [0.1, 0.15) is 19.6 Å². The highest BCUT2D eigenvalue weighted by Crippen LogP contribution is 2.33. The summed E-state index contributed by atoms with van der Waals surface area (Å²) >= 11 is 0. The first-order chi connectivity index (χ1) is 10.7. The number of hydrogen-bond acceptors (Lipinski definition) is 8. The topological polar surface area (TPSA) is 129 Å². The van der Waals surface area contributed by atoms with Crippen LogP contribution in [0.25, 0.3) is 11.2 Å². The summed E-state index contributed by atoms with van der Waals surface area (Å²) in [5, 5.41) is 19.6. The molecule has 0 aromatic carbocycles. The molecule has 9 nitrogen and oxygen atoms in total. The number of aliphatic hydroxyl groups is 2. The first kappa shape index (κ1) is 15.1. The summed E-state index contributed by atoms with van der Waals surface area (Å²) in [5.41, 5.74) is 6.73. The maximum absolute atomic E-state index is 10.3. The number of anilines is 1. The summed E-state index contributed by atoms with van der Waals surface area (Å²) in [4.78, 5) is 12.2. The Hall–Kier alpha value is -1.81. The lowest BCUT2D eigenvalue weighted by Crippen LogP contribution is -2.35. The van der Waals surface area contributed by atoms with E-state index in [0.717, 1.165) is 6.42 Å². The van der Waals surface area contributed by atoms with Gasteiger partial charge in [-0.15, -0.1) is 0 Å². The number of ether oxygens (including phenoxy) is 2. The van der Waals surface area contributed by atoms with Crippen LogP contribution in [0.2, 0.25) is 0 Å². The fraction of sp³-hybridized carbons (Fsp3) is 0.615. The molecule has 1 fully saturated rings. The largest absolute Gasteiger partial charge is 0.394 e. The second-order valence-corrected chi connectivity index (χ2v) is 5.16. The molecule has 2 aromatic heterocycles. The van der Waals surface area contributed by atoms with Gasteiger partial charge in [-0.05, 0) is 6.42 Å². The molecular weight excluding hydrogens is 290 g/mol. The van der Waals surface area contributed by atoms with E-state index in [1.54, 1.807) is 4.57 Å². The standard InChI is InChI=1S/C13H19N5O4/c1-2-3-21-10-9(20)7(4-19)22-13(10)18-6-17-8-11(14)15-5-16-12(8)18/h5-7,9-10,13,19-20H,2-4H2,1H3,(H2,14,15,16)/t7-,9-,10-,13-/m1/s1. The minimum absolute atomic E-state index is 0.270. The van der Waals surface area contributed by atoms with Crippen LogP contribution in [0.4, 0.5) is 5.82 Å². The highest BCUT2D eigenvalue weighted by Gasteiger charge is 2.45. The molecule has 9 heteroatoms. The van der Waals surface area contributed by atoms with Gasteiger partial charge in [-0.25, -0.2) is 15.0 Å². The number of aliphatic hydroxyl groups excluding tert-OH is 2. The highest BCUT2D eigenvalue weighted by atomic mass is 16.6. The summed E-state index contributed by atoms with van der Waals surface area (Å²) in [7, 11) is 0. The van der Waals surface area contributed by atoms with E-state index in [0.29, 0.717) is 17.8 Å². The number of nitrogen functional groups attached to an aromatic ring is 1. The highest BCUT2D eigenvalue weighted by molar-refractivity contribution is 5.81. The fourth-order valence-electron chi connectivity index (χ4n) is 2.58. The van der Waals surface area contributed by atoms with E-state index in [1.807, 2.05) is 6.92 Å². The Kier molecular flexibility index (Phi) is 4.21. The van der Waals surface area contributed by atoms with Gasteiger partial charge in [0, 0.05) is 6.61 Å². The fourth-order valence-corrected chi connectivity index (χ4v) is 2.58. The molecule has 1 aliphatic heterocycles. The third-order valence-corrected chi connectivity index (χ3v) is 3.67. The predicted molar refractivity (Wildman–Crippen MR) is 76.8 cm³/mol. The van der Waals surface area contributed by atoms with Crippen molar-refractivity contribution in [2.45, 2.75) is 37.9 Å². The minimum atomic E-state index is -0.932. The maximum Gasteiger partial charge on any atom is 0.167 e. The smallest absolute Gasteiger partial charge is 0.167 e. The van der Waals surface area contributed by atoms with Crippen LogP contribution in [-0.4, -0.2) is 61.3 Å². The number of imidazole rings is 1. The van der Waals surface area contributed by atoms with Crippen LogP contribution in [0.15, 0.2) is 12.7 Å². The second-order valence-electron chi connectivity index (χ2n) is 5.16. The summed E-state index contributed by atoms with van der Waals surface area (Å²) < 4.78 is 13.1. The number of rotatable bonds is 5. The minimum Gasteiger partial charge on any atom is -0.394 e. The Balaban J connectivity index is 1.97. The summed E-state index contributed by atoms with van der Waals surface area (Å²) in [6, 6.07) is 0. The van der Waals surface area contributed by atoms with Gasteiger partial charge >= 0.3 is 0 Å². The average molecular weight is 309 g/mol. The Labute approximate surface area is 126 Å². The predicted octanol–water partition coefficient (Wildman–Crippen LogP) is -0.546. The summed E-state index contributed by atoms with van der Waals surface area (Å²) in [6.45, 7) is 2.15. The summed E-state index contributed by atoms with van der Waals surface area (Å²) in [6.07, 6.45) is 0.756. The van der Waals surface area contributed by atoms with E-state index in [-0.39, 0.29) is 12.4 Å². The van der Waals surface area contributed by atoms with Crippen molar-refractivity contribution in [2.24, 2.45) is 0 Å². The molecule has 0 aliphatic carbocycles. The van der Waals surface area contributed by atoms with E-state index >= 15 is 0 Å². The third kappa shape index (κ3) is 2.41. The molecule has 0 amide bonds. The van der Waals surface area contributed by atoms with Crippen LogP contribution in [0, 0.1) is 0 Å². The van der Waals surface area contributed by atoms with Crippen molar-refractivity contribution in [2.75, 3.05) is 18.9 Å². The van der Waals surface area contributed by atoms with Crippen molar-refractivity contribution >= 4 is 17.0 Å². The zero-order valence-corrected chi connectivity index (χ0v) is 12.2. The van der Waals surface area contributed by atoms with Crippen molar-refractivity contribution in [1.29, 1.82) is 0 Å². The molecule has 0 bridgehead atoms. The first-order valence-electron chi connectivity index (χ1n) is 7.16. The van der Waals surface area contributed by atoms with Crippen molar-refractivity contribution in [3.8, 4) is 0 Å². The number of fused-ring (bicyclic) bond motifs is 1. The molecule has 22 heavy (non-hydrogen) atoms. The summed E-state index contributed by atoms with van der Waals surface area (Å²) in [5.74, 6) is 0.270. The molecular formula is C13H19N5O4. The van der Waals surface area contributed by atoms with Gasteiger partial charge in [0.15, 0.2) is 17.7 Å². The lowest BCUT2D eigenvalue weighted by Gasteiger charge is -2.21. The molecule has 4 atom stereocenters. The number of nitrogens with two attached hydrogens (primary N) is 1. The molecule has 3 heterocycles. The van der Waals surface area contributed by atoms with Gasteiger partial charge in [0.2, 0.25) is 0 Å². The van der Waals surface area contributed by atoms with E-state index in [4.69, 9.17) is 15.2 Å². The lowest BCUT2D eigenvalue weighted by molar-refractivity contribution is -0.0703. The van der Waals surface area contributed by atoms with Crippen molar-refractivity contribution < 1.29 is 19.7 Å². The zero-order chi connectivity index (χ0) is 15.7. The van der Waals surface area contributed by atoms with Gasteiger partial charge in [0.1, 0.15) is 30.2 Å². The van der Waals surface area contributed by atoms with Crippen molar-refractivity contribution in [1.82, 2.24) is 19.5 Å². The molecule has 1 saturated heterocycles. The molecule has 0 saturated carbocycles. The van der Waals surface area contributed by atoms with E-state index in [2.05, 4.69) is 15.0 Å². The van der Waals surface area contributed by atoms with E-state index < -0.39 is 24.5 Å².